The van der Waals surface area contributed by atoms with Crippen LogP contribution in [0.1, 0.15) is 5.56 Å². The predicted molar refractivity (Wildman–Crippen MR) is 55.2 cm³/mol. The molecule has 0 saturated heterocycles. The molecule has 0 bridgehead atoms. The number of hydrogen-bond acceptors (Lipinski definition) is 3. The summed E-state index contributed by atoms with van der Waals surface area (Å²) in [7, 11) is 0.891. The molecule has 0 amide bonds. The van der Waals surface area contributed by atoms with Crippen molar-refractivity contribution in [1.29, 1.82) is 0 Å². The van der Waals surface area contributed by atoms with Crippen LogP contribution >= 0.6 is 22.6 Å². The minimum Gasteiger partial charge on any atom is -0.478 e. The van der Waals surface area contributed by atoms with Crippen LogP contribution in [-0.2, 0) is 6.18 Å². The van der Waals surface area contributed by atoms with Crippen LogP contribution < -0.4 is 9.47 Å². The Kier molecular flexibility index (Phi) is 4.18. The van der Waals surface area contributed by atoms with Crippen LogP contribution in [0.2, 0.25) is 0 Å². The van der Waals surface area contributed by atoms with Crippen molar-refractivity contribution in [2.24, 2.45) is 0 Å². The van der Waals surface area contributed by atoms with Crippen molar-refractivity contribution in [3.8, 4) is 11.6 Å². The van der Waals surface area contributed by atoms with Gasteiger partial charge in [-0.05, 0) is 28.7 Å². The second kappa shape index (κ2) is 4.97. The molecule has 0 aliphatic heterocycles. The maximum absolute atomic E-state index is 12.6. The Balaban J connectivity index is 3.43. The molecular weight excluding hydrogens is 383 g/mol. The van der Waals surface area contributed by atoms with Crippen molar-refractivity contribution in [2.45, 2.75) is 12.5 Å². The monoisotopic (exact) mass is 387 g/mol. The van der Waals surface area contributed by atoms with Gasteiger partial charge >= 0.3 is 12.5 Å². The summed E-state index contributed by atoms with van der Waals surface area (Å²) in [5, 5.41) is 0. The smallest absolute Gasteiger partial charge is 0.478 e. The van der Waals surface area contributed by atoms with Crippen molar-refractivity contribution in [2.75, 3.05) is 7.11 Å². The molecule has 0 aliphatic rings. The van der Waals surface area contributed by atoms with Crippen LogP contribution in [0.3, 0.4) is 0 Å². The van der Waals surface area contributed by atoms with Gasteiger partial charge in [-0.15, -0.1) is 13.2 Å². The van der Waals surface area contributed by atoms with E-state index in [0.29, 0.717) is 6.07 Å². The van der Waals surface area contributed by atoms with E-state index in [2.05, 4.69) is 14.5 Å². The maximum Gasteiger partial charge on any atom is 0.573 e. The van der Waals surface area contributed by atoms with Crippen LogP contribution in [0, 0.1) is 3.70 Å². The van der Waals surface area contributed by atoms with Crippen LogP contribution in [0.15, 0.2) is 6.07 Å². The molecule has 0 radical (unpaired) electrons. The van der Waals surface area contributed by atoms with Gasteiger partial charge in [-0.2, -0.15) is 13.2 Å². The molecule has 0 spiro atoms. The molecule has 0 atom stereocenters. The minimum atomic E-state index is -5.28. The summed E-state index contributed by atoms with van der Waals surface area (Å²) in [5.41, 5.74) is -1.60. The highest BCUT2D eigenvalue weighted by atomic mass is 127. The molecule has 1 aromatic rings. The highest BCUT2D eigenvalue weighted by Gasteiger charge is 2.42. The van der Waals surface area contributed by atoms with E-state index in [0.717, 1.165) is 7.11 Å². The Morgan fingerprint density at radius 3 is 2.11 bits per heavy atom. The SMILES string of the molecule is COc1nc(I)cc(C(F)(F)F)c1OC(F)(F)F. The van der Waals surface area contributed by atoms with Crippen LogP contribution in [-0.4, -0.2) is 18.5 Å². The zero-order valence-corrected chi connectivity index (χ0v) is 10.6. The normalized spacial score (nSPS) is 12.4. The van der Waals surface area contributed by atoms with E-state index in [-0.39, 0.29) is 3.70 Å². The lowest BCUT2D eigenvalue weighted by atomic mass is 10.2. The standard InChI is InChI=1S/C8H4F6INO2/c1-17-6-5(18-8(12,13)14)3(7(9,10)11)2-4(15)16-6/h2H,1H3. The van der Waals surface area contributed by atoms with Gasteiger partial charge in [0.15, 0.2) is 0 Å². The summed E-state index contributed by atoms with van der Waals surface area (Å²) in [6.07, 6.45) is -10.3. The van der Waals surface area contributed by atoms with Crippen molar-refractivity contribution in [3.05, 3.63) is 15.3 Å². The summed E-state index contributed by atoms with van der Waals surface area (Å²) in [6.45, 7) is 0. The molecule has 3 nitrogen and oxygen atoms in total. The van der Waals surface area contributed by atoms with Gasteiger partial charge in [0.25, 0.3) is 5.88 Å². The molecule has 0 aromatic carbocycles. The van der Waals surface area contributed by atoms with Gasteiger partial charge in [-0.25, -0.2) is 4.98 Å². The molecule has 0 fully saturated rings. The largest absolute Gasteiger partial charge is 0.573 e. The van der Waals surface area contributed by atoms with Crippen molar-refractivity contribution in [3.63, 3.8) is 0 Å². The molecule has 0 saturated carbocycles. The number of rotatable bonds is 2. The Morgan fingerprint density at radius 1 is 1.17 bits per heavy atom. The van der Waals surface area contributed by atoms with Gasteiger partial charge in [0.1, 0.15) is 9.26 Å². The number of halogens is 7. The van der Waals surface area contributed by atoms with Crippen molar-refractivity contribution < 1.29 is 35.8 Å². The van der Waals surface area contributed by atoms with Crippen molar-refractivity contribution in [1.82, 2.24) is 4.98 Å². The lowest BCUT2D eigenvalue weighted by Gasteiger charge is -2.17. The molecule has 0 aliphatic carbocycles. The first-order valence-electron chi connectivity index (χ1n) is 4.12. The number of nitrogens with zero attached hydrogens (tertiary/aromatic N) is 1. The topological polar surface area (TPSA) is 31.4 Å². The Hall–Kier alpha value is -0.940. The zero-order valence-electron chi connectivity index (χ0n) is 8.49. The maximum atomic E-state index is 12.6. The van der Waals surface area contributed by atoms with Gasteiger partial charge in [0, 0.05) is 0 Å². The predicted octanol–water partition coefficient (Wildman–Crippen LogP) is 3.61. The third kappa shape index (κ3) is 3.78. The third-order valence-electron chi connectivity index (χ3n) is 1.63. The van der Waals surface area contributed by atoms with E-state index in [1.807, 2.05) is 0 Å². The number of pyridine rings is 1. The molecular formula is C8H4F6INO2. The molecule has 1 heterocycles. The van der Waals surface area contributed by atoms with E-state index < -0.39 is 29.7 Å². The summed E-state index contributed by atoms with van der Waals surface area (Å²) in [6, 6.07) is 0.435. The summed E-state index contributed by atoms with van der Waals surface area (Å²) in [5.74, 6) is -2.38. The van der Waals surface area contributed by atoms with Gasteiger partial charge in [0.2, 0.25) is 5.75 Å². The second-order valence-corrected chi connectivity index (χ2v) is 3.98. The number of aromatic nitrogens is 1. The molecule has 18 heavy (non-hydrogen) atoms. The number of hydrogen-bond donors (Lipinski definition) is 0. The van der Waals surface area contributed by atoms with E-state index >= 15 is 0 Å². The van der Waals surface area contributed by atoms with Gasteiger partial charge < -0.3 is 9.47 Å². The first kappa shape index (κ1) is 15.1. The average molecular weight is 387 g/mol. The summed E-state index contributed by atoms with van der Waals surface area (Å²) >= 11 is 1.42. The van der Waals surface area contributed by atoms with Crippen LogP contribution in [0.25, 0.3) is 0 Å². The fourth-order valence-corrected chi connectivity index (χ4v) is 1.57. The number of alkyl halides is 6. The molecule has 10 heteroatoms. The zero-order chi connectivity index (χ0) is 14.1. The first-order valence-corrected chi connectivity index (χ1v) is 5.20. The highest BCUT2D eigenvalue weighted by Crippen LogP contribution is 2.43. The molecule has 0 N–H and O–H groups in total. The summed E-state index contributed by atoms with van der Waals surface area (Å²) in [4.78, 5) is 3.39. The average Bonchev–Trinajstić information content (AvgIpc) is 2.16. The van der Waals surface area contributed by atoms with Crippen LogP contribution in [0.5, 0.6) is 11.6 Å². The number of ether oxygens (including phenoxy) is 2. The molecule has 0 unspecified atom stereocenters. The van der Waals surface area contributed by atoms with E-state index in [4.69, 9.17) is 0 Å². The Bertz CT molecular complexity index is 444. The Morgan fingerprint density at radius 2 is 1.72 bits per heavy atom. The first-order chi connectivity index (χ1) is 8.04. The summed E-state index contributed by atoms with van der Waals surface area (Å²) < 4.78 is 81.4. The second-order valence-electron chi connectivity index (χ2n) is 2.88. The fraction of sp³-hybridized carbons (Fsp3) is 0.375. The van der Waals surface area contributed by atoms with Crippen LogP contribution in [0.4, 0.5) is 26.3 Å². The third-order valence-corrected chi connectivity index (χ3v) is 2.18. The van der Waals surface area contributed by atoms with Gasteiger partial charge in [0.05, 0.1) is 7.11 Å². The fourth-order valence-electron chi connectivity index (χ4n) is 1.04. The van der Waals surface area contributed by atoms with E-state index in [1.54, 1.807) is 0 Å². The van der Waals surface area contributed by atoms with Gasteiger partial charge in [-0.1, -0.05) is 0 Å². The molecule has 1 aromatic heterocycles. The Labute approximate surface area is 110 Å². The molecule has 1 rings (SSSR count). The number of methoxy groups -OCH3 is 1. The quantitative estimate of drug-likeness (QED) is 0.442. The lowest BCUT2D eigenvalue weighted by molar-refractivity contribution is -0.276. The van der Waals surface area contributed by atoms with E-state index in [9.17, 15) is 26.3 Å². The highest BCUT2D eigenvalue weighted by molar-refractivity contribution is 14.1. The molecule has 102 valence electrons. The van der Waals surface area contributed by atoms with E-state index in [1.165, 1.54) is 22.6 Å². The van der Waals surface area contributed by atoms with Crippen molar-refractivity contribution >= 4 is 22.6 Å². The van der Waals surface area contributed by atoms with Gasteiger partial charge in [-0.3, -0.25) is 0 Å². The lowest BCUT2D eigenvalue weighted by Crippen LogP contribution is -2.21. The minimum absolute atomic E-state index is 0.175.